The van der Waals surface area contributed by atoms with Crippen LogP contribution in [0.15, 0.2) is 24.3 Å². The molecule has 4 nitrogen and oxygen atoms in total. The van der Waals surface area contributed by atoms with Crippen molar-refractivity contribution in [2.45, 2.75) is 27.3 Å². The molecule has 2 unspecified atom stereocenters. The molecule has 1 fully saturated rings. The predicted octanol–water partition coefficient (Wildman–Crippen LogP) is 2.32. The molecule has 1 aromatic rings. The number of nitrogens with zero attached hydrogens (tertiary/aromatic N) is 1. The number of benzene rings is 1. The largest absolute Gasteiger partial charge is 0.325 e. The summed E-state index contributed by atoms with van der Waals surface area (Å²) in [6.07, 6.45) is 0. The number of amides is 1. The van der Waals surface area contributed by atoms with Crippen LogP contribution in [-0.4, -0.2) is 37.0 Å². The van der Waals surface area contributed by atoms with Crippen LogP contribution in [0.5, 0.6) is 0 Å². The smallest absolute Gasteiger partial charge is 0.229 e. The van der Waals surface area contributed by atoms with Gasteiger partial charge in [0.1, 0.15) is 0 Å². The molecule has 0 bridgehead atoms. The molecule has 0 radical (unpaired) electrons. The first kappa shape index (κ1) is 16.0. The summed E-state index contributed by atoms with van der Waals surface area (Å²) in [7, 11) is 0. The topological polar surface area (TPSA) is 44.4 Å². The molecule has 1 heterocycles. The lowest BCUT2D eigenvalue weighted by atomic mass is 9.97. The molecule has 116 valence electrons. The fourth-order valence-corrected chi connectivity index (χ4v) is 2.85. The van der Waals surface area contributed by atoms with Crippen LogP contribution in [0.2, 0.25) is 0 Å². The number of hydrogen-bond donors (Lipinski definition) is 2. The zero-order chi connectivity index (χ0) is 15.2. The van der Waals surface area contributed by atoms with Crippen LogP contribution < -0.4 is 10.6 Å². The summed E-state index contributed by atoms with van der Waals surface area (Å²) in [6, 6.07) is 8.12. The zero-order valence-corrected chi connectivity index (χ0v) is 13.4. The van der Waals surface area contributed by atoms with Gasteiger partial charge in [-0.15, -0.1) is 0 Å². The average molecular weight is 289 g/mol. The molecule has 1 aromatic carbocycles. The molecule has 0 saturated carbocycles. The summed E-state index contributed by atoms with van der Waals surface area (Å²) in [5, 5.41) is 6.42. The summed E-state index contributed by atoms with van der Waals surface area (Å²) in [5.41, 5.74) is 2.14. The molecule has 1 saturated heterocycles. The number of carbonyl (C=O) groups excluding carboxylic acids is 1. The lowest BCUT2D eigenvalue weighted by molar-refractivity contribution is -0.120. The number of para-hydroxylation sites is 1. The molecule has 2 N–H and O–H groups in total. The SMILES string of the molecule is CCN(CC)Cc1ccccc1NC(=O)C1CNCC1C. The van der Waals surface area contributed by atoms with E-state index in [-0.39, 0.29) is 11.8 Å². The molecule has 4 heteroatoms. The van der Waals surface area contributed by atoms with E-state index in [0.717, 1.165) is 38.4 Å². The number of rotatable bonds is 6. The van der Waals surface area contributed by atoms with Gasteiger partial charge in [0.2, 0.25) is 5.91 Å². The molecule has 1 amide bonds. The van der Waals surface area contributed by atoms with Gasteiger partial charge >= 0.3 is 0 Å². The Labute approximate surface area is 127 Å². The maximum atomic E-state index is 12.4. The summed E-state index contributed by atoms with van der Waals surface area (Å²) < 4.78 is 0. The molecule has 1 aliphatic rings. The van der Waals surface area contributed by atoms with Gasteiger partial charge in [0.15, 0.2) is 0 Å². The highest BCUT2D eigenvalue weighted by molar-refractivity contribution is 5.93. The van der Waals surface area contributed by atoms with Gasteiger partial charge in [-0.3, -0.25) is 9.69 Å². The Bertz CT molecular complexity index is 471. The van der Waals surface area contributed by atoms with Crippen LogP contribution in [0.25, 0.3) is 0 Å². The van der Waals surface area contributed by atoms with E-state index in [1.807, 2.05) is 18.2 Å². The van der Waals surface area contributed by atoms with Crippen molar-refractivity contribution in [3.63, 3.8) is 0 Å². The zero-order valence-electron chi connectivity index (χ0n) is 13.4. The van der Waals surface area contributed by atoms with Gasteiger partial charge in [0.25, 0.3) is 0 Å². The minimum Gasteiger partial charge on any atom is -0.325 e. The number of anilines is 1. The van der Waals surface area contributed by atoms with Gasteiger partial charge in [-0.25, -0.2) is 0 Å². The Morgan fingerprint density at radius 1 is 1.29 bits per heavy atom. The number of nitrogens with one attached hydrogen (secondary N) is 2. The lowest BCUT2D eigenvalue weighted by Gasteiger charge is -2.21. The predicted molar refractivity (Wildman–Crippen MR) is 87.2 cm³/mol. The Balaban J connectivity index is 2.07. The van der Waals surface area contributed by atoms with Crippen molar-refractivity contribution < 1.29 is 4.79 Å². The molecule has 2 atom stereocenters. The number of carbonyl (C=O) groups is 1. The van der Waals surface area contributed by atoms with Gasteiger partial charge in [-0.2, -0.15) is 0 Å². The standard InChI is InChI=1S/C17H27N3O/c1-4-20(5-2)12-14-8-6-7-9-16(14)19-17(21)15-11-18-10-13(15)3/h6-9,13,15,18H,4-5,10-12H2,1-3H3,(H,19,21). The van der Waals surface area contributed by atoms with Gasteiger partial charge in [-0.05, 0) is 37.2 Å². The lowest BCUT2D eigenvalue weighted by Crippen LogP contribution is -2.29. The van der Waals surface area contributed by atoms with Gasteiger partial charge in [-0.1, -0.05) is 39.0 Å². The highest BCUT2D eigenvalue weighted by atomic mass is 16.1. The first-order valence-corrected chi connectivity index (χ1v) is 7.97. The summed E-state index contributed by atoms with van der Waals surface area (Å²) in [5.74, 6) is 0.617. The molecule has 2 rings (SSSR count). The van der Waals surface area contributed by atoms with E-state index in [9.17, 15) is 4.79 Å². The second-order valence-corrected chi connectivity index (χ2v) is 5.85. The van der Waals surface area contributed by atoms with Crippen molar-refractivity contribution in [3.8, 4) is 0 Å². The fourth-order valence-electron chi connectivity index (χ4n) is 2.85. The van der Waals surface area contributed by atoms with Crippen molar-refractivity contribution in [2.75, 3.05) is 31.5 Å². The van der Waals surface area contributed by atoms with E-state index in [0.29, 0.717) is 5.92 Å². The number of hydrogen-bond acceptors (Lipinski definition) is 3. The van der Waals surface area contributed by atoms with E-state index in [1.54, 1.807) is 0 Å². The highest BCUT2D eigenvalue weighted by Crippen LogP contribution is 2.21. The first-order valence-electron chi connectivity index (χ1n) is 7.97. The molecular formula is C17H27N3O. The van der Waals surface area contributed by atoms with E-state index >= 15 is 0 Å². The highest BCUT2D eigenvalue weighted by Gasteiger charge is 2.29. The minimum absolute atomic E-state index is 0.0755. The van der Waals surface area contributed by atoms with E-state index < -0.39 is 0 Å². The molecule has 0 spiro atoms. The van der Waals surface area contributed by atoms with Gasteiger partial charge in [0.05, 0.1) is 5.92 Å². The van der Waals surface area contributed by atoms with Crippen molar-refractivity contribution >= 4 is 11.6 Å². The van der Waals surface area contributed by atoms with Crippen LogP contribution >= 0.6 is 0 Å². The molecule has 21 heavy (non-hydrogen) atoms. The Hall–Kier alpha value is -1.39. The van der Waals surface area contributed by atoms with Crippen molar-refractivity contribution in [2.24, 2.45) is 11.8 Å². The van der Waals surface area contributed by atoms with Gasteiger partial charge < -0.3 is 10.6 Å². The third-order valence-electron chi connectivity index (χ3n) is 4.42. The Morgan fingerprint density at radius 3 is 2.62 bits per heavy atom. The quantitative estimate of drug-likeness (QED) is 0.845. The summed E-state index contributed by atoms with van der Waals surface area (Å²) >= 11 is 0. The molecule has 0 aromatic heterocycles. The maximum Gasteiger partial charge on any atom is 0.229 e. The van der Waals surface area contributed by atoms with Crippen LogP contribution in [0.3, 0.4) is 0 Å². The molecule has 1 aliphatic heterocycles. The van der Waals surface area contributed by atoms with Crippen molar-refractivity contribution in [3.05, 3.63) is 29.8 Å². The van der Waals surface area contributed by atoms with Crippen LogP contribution in [-0.2, 0) is 11.3 Å². The second-order valence-electron chi connectivity index (χ2n) is 5.85. The Morgan fingerprint density at radius 2 is 2.00 bits per heavy atom. The molecular weight excluding hydrogens is 262 g/mol. The van der Waals surface area contributed by atoms with Crippen LogP contribution in [0, 0.1) is 11.8 Å². The second kappa shape index (κ2) is 7.57. The first-order chi connectivity index (χ1) is 10.2. The van der Waals surface area contributed by atoms with E-state index in [4.69, 9.17) is 0 Å². The fraction of sp³-hybridized carbons (Fsp3) is 0.588. The summed E-state index contributed by atoms with van der Waals surface area (Å²) in [6.45, 7) is 11.1. The van der Waals surface area contributed by atoms with E-state index in [1.165, 1.54) is 5.56 Å². The van der Waals surface area contributed by atoms with Gasteiger partial charge in [0, 0.05) is 18.8 Å². The normalized spacial score (nSPS) is 21.7. The van der Waals surface area contributed by atoms with Crippen LogP contribution in [0.4, 0.5) is 5.69 Å². The minimum atomic E-state index is 0.0755. The van der Waals surface area contributed by atoms with Crippen LogP contribution in [0.1, 0.15) is 26.3 Å². The Kier molecular flexibility index (Phi) is 5.76. The third kappa shape index (κ3) is 4.05. The maximum absolute atomic E-state index is 12.4. The summed E-state index contributed by atoms with van der Waals surface area (Å²) in [4.78, 5) is 14.8. The van der Waals surface area contributed by atoms with Crippen molar-refractivity contribution in [1.29, 1.82) is 0 Å². The van der Waals surface area contributed by atoms with Crippen molar-refractivity contribution in [1.82, 2.24) is 10.2 Å². The average Bonchev–Trinajstić information content (AvgIpc) is 2.92. The van der Waals surface area contributed by atoms with E-state index in [2.05, 4.69) is 42.4 Å². The third-order valence-corrected chi connectivity index (χ3v) is 4.42. The monoisotopic (exact) mass is 289 g/mol. The molecule has 0 aliphatic carbocycles.